The van der Waals surface area contributed by atoms with Gasteiger partial charge in [0.15, 0.2) is 0 Å². The van der Waals surface area contributed by atoms with Crippen LogP contribution in [0.3, 0.4) is 0 Å². The van der Waals surface area contributed by atoms with Crippen LogP contribution in [0.4, 0.5) is 21.8 Å². The largest absolute Gasteiger partial charge is 0.351 e. The third kappa shape index (κ3) is 3.60. The number of anilines is 3. The second-order valence-electron chi connectivity index (χ2n) is 6.36. The molecule has 0 amide bonds. The van der Waals surface area contributed by atoms with Crippen LogP contribution in [0.2, 0.25) is 0 Å². The zero-order valence-corrected chi connectivity index (χ0v) is 13.9. The first kappa shape index (κ1) is 15.7. The summed E-state index contributed by atoms with van der Waals surface area (Å²) in [6, 6.07) is 9.22. The van der Waals surface area contributed by atoms with E-state index in [4.69, 9.17) is 0 Å². The fraction of sp³-hybridized carbons (Fsp3) is 0.444. The van der Waals surface area contributed by atoms with Crippen LogP contribution in [-0.4, -0.2) is 22.1 Å². The smallest absolute Gasteiger partial charge is 0.229 e. The van der Waals surface area contributed by atoms with Crippen molar-refractivity contribution < 1.29 is 4.39 Å². The molecule has 1 aliphatic heterocycles. The summed E-state index contributed by atoms with van der Waals surface area (Å²) >= 11 is 0. The molecule has 1 N–H and O–H groups in total. The fourth-order valence-corrected chi connectivity index (χ4v) is 3.28. The van der Waals surface area contributed by atoms with Gasteiger partial charge in [0.1, 0.15) is 11.6 Å². The summed E-state index contributed by atoms with van der Waals surface area (Å²) in [5.41, 5.74) is 1.70. The predicted molar refractivity (Wildman–Crippen MR) is 91.7 cm³/mol. The number of aromatic nitrogens is 2. The zero-order valence-electron chi connectivity index (χ0n) is 13.9. The summed E-state index contributed by atoms with van der Waals surface area (Å²) in [6.07, 6.45) is 3.64. The molecule has 2 aromatic rings. The number of rotatable bonds is 3. The van der Waals surface area contributed by atoms with E-state index in [-0.39, 0.29) is 5.82 Å². The van der Waals surface area contributed by atoms with Gasteiger partial charge in [-0.2, -0.15) is 4.98 Å². The molecule has 1 aliphatic rings. The maximum atomic E-state index is 13.0. The molecular formula is C18H23FN4. The second-order valence-corrected chi connectivity index (χ2v) is 6.36. The van der Waals surface area contributed by atoms with Gasteiger partial charge < -0.3 is 10.2 Å². The molecule has 5 heteroatoms. The first-order valence-corrected chi connectivity index (χ1v) is 8.19. The Morgan fingerprint density at radius 3 is 2.39 bits per heavy atom. The SMILES string of the molecule is Cc1cc(N2[C@H](C)CCC[C@@H]2C)nc(Nc2ccc(F)cc2)n1. The van der Waals surface area contributed by atoms with E-state index in [9.17, 15) is 4.39 Å². The van der Waals surface area contributed by atoms with Crippen LogP contribution in [0.1, 0.15) is 38.8 Å². The minimum atomic E-state index is -0.252. The van der Waals surface area contributed by atoms with Crippen LogP contribution >= 0.6 is 0 Å². The summed E-state index contributed by atoms with van der Waals surface area (Å²) in [5.74, 6) is 1.26. The number of nitrogens with zero attached hydrogens (tertiary/aromatic N) is 3. The first-order valence-electron chi connectivity index (χ1n) is 8.19. The Hall–Kier alpha value is -2.17. The van der Waals surface area contributed by atoms with E-state index in [0.29, 0.717) is 18.0 Å². The molecule has 1 aromatic heterocycles. The van der Waals surface area contributed by atoms with Gasteiger partial charge in [0.05, 0.1) is 0 Å². The van der Waals surface area contributed by atoms with Gasteiger partial charge in [-0.1, -0.05) is 0 Å². The summed E-state index contributed by atoms with van der Waals surface area (Å²) in [4.78, 5) is 11.5. The van der Waals surface area contributed by atoms with Gasteiger partial charge in [0, 0.05) is 29.5 Å². The number of aryl methyl sites for hydroxylation is 1. The molecule has 1 fully saturated rings. The Bertz CT molecular complexity index is 661. The molecule has 0 saturated carbocycles. The highest BCUT2D eigenvalue weighted by Crippen LogP contribution is 2.29. The molecule has 1 saturated heterocycles. The predicted octanol–water partition coefficient (Wildman–Crippen LogP) is 4.44. The van der Waals surface area contributed by atoms with Gasteiger partial charge >= 0.3 is 0 Å². The maximum Gasteiger partial charge on any atom is 0.229 e. The Balaban J connectivity index is 1.88. The Labute approximate surface area is 136 Å². The average molecular weight is 314 g/mol. The minimum Gasteiger partial charge on any atom is -0.351 e. The molecule has 3 rings (SSSR count). The van der Waals surface area contributed by atoms with Crippen molar-refractivity contribution >= 4 is 17.5 Å². The highest BCUT2D eigenvalue weighted by molar-refractivity contribution is 5.56. The number of nitrogens with one attached hydrogen (secondary N) is 1. The minimum absolute atomic E-state index is 0.252. The van der Waals surface area contributed by atoms with Crippen LogP contribution in [0.25, 0.3) is 0 Å². The van der Waals surface area contributed by atoms with Crippen molar-refractivity contribution in [2.75, 3.05) is 10.2 Å². The molecule has 0 unspecified atom stereocenters. The monoisotopic (exact) mass is 314 g/mol. The normalized spacial score (nSPS) is 21.3. The van der Waals surface area contributed by atoms with Gasteiger partial charge in [-0.05, 0) is 64.3 Å². The molecule has 0 bridgehead atoms. The van der Waals surface area contributed by atoms with Crippen molar-refractivity contribution in [2.24, 2.45) is 0 Å². The number of hydrogen-bond donors (Lipinski definition) is 1. The highest BCUT2D eigenvalue weighted by Gasteiger charge is 2.26. The molecule has 4 nitrogen and oxygen atoms in total. The summed E-state index contributed by atoms with van der Waals surface area (Å²) in [6.45, 7) is 6.47. The Morgan fingerprint density at radius 2 is 1.74 bits per heavy atom. The lowest BCUT2D eigenvalue weighted by molar-refractivity contribution is 0.411. The fourth-order valence-electron chi connectivity index (χ4n) is 3.28. The number of benzene rings is 1. The molecule has 0 radical (unpaired) electrons. The van der Waals surface area contributed by atoms with Crippen molar-refractivity contribution in [1.29, 1.82) is 0 Å². The molecule has 1 aromatic carbocycles. The average Bonchev–Trinajstić information content (AvgIpc) is 2.49. The van der Waals surface area contributed by atoms with Crippen LogP contribution in [0.15, 0.2) is 30.3 Å². The summed E-state index contributed by atoms with van der Waals surface area (Å²) in [5, 5.41) is 3.17. The number of piperidine rings is 1. The van der Waals surface area contributed by atoms with Crippen molar-refractivity contribution in [2.45, 2.75) is 52.1 Å². The van der Waals surface area contributed by atoms with E-state index in [1.165, 1.54) is 31.4 Å². The topological polar surface area (TPSA) is 41.1 Å². The molecule has 2 atom stereocenters. The third-order valence-corrected chi connectivity index (χ3v) is 4.40. The zero-order chi connectivity index (χ0) is 16.4. The van der Waals surface area contributed by atoms with Crippen molar-refractivity contribution in [3.63, 3.8) is 0 Å². The van der Waals surface area contributed by atoms with Gasteiger partial charge in [0.2, 0.25) is 5.95 Å². The highest BCUT2D eigenvalue weighted by atomic mass is 19.1. The Kier molecular flexibility index (Phi) is 4.46. The first-order chi connectivity index (χ1) is 11.0. The maximum absolute atomic E-state index is 13.0. The van der Waals surface area contributed by atoms with Crippen LogP contribution in [-0.2, 0) is 0 Å². The molecule has 122 valence electrons. The van der Waals surface area contributed by atoms with Crippen LogP contribution in [0, 0.1) is 12.7 Å². The van der Waals surface area contributed by atoms with Gasteiger partial charge in [-0.3, -0.25) is 0 Å². The molecule has 2 heterocycles. The lowest BCUT2D eigenvalue weighted by Crippen LogP contribution is -2.44. The number of hydrogen-bond acceptors (Lipinski definition) is 4. The van der Waals surface area contributed by atoms with E-state index in [1.54, 1.807) is 12.1 Å². The molecular weight excluding hydrogens is 291 g/mol. The van der Waals surface area contributed by atoms with E-state index in [2.05, 4.69) is 34.0 Å². The van der Waals surface area contributed by atoms with Crippen LogP contribution < -0.4 is 10.2 Å². The van der Waals surface area contributed by atoms with Gasteiger partial charge in [0.25, 0.3) is 0 Å². The summed E-state index contributed by atoms with van der Waals surface area (Å²) < 4.78 is 13.0. The van der Waals surface area contributed by atoms with E-state index < -0.39 is 0 Å². The van der Waals surface area contributed by atoms with Gasteiger partial charge in [-0.25, -0.2) is 9.37 Å². The third-order valence-electron chi connectivity index (χ3n) is 4.40. The molecule has 0 aliphatic carbocycles. The lowest BCUT2D eigenvalue weighted by atomic mass is 9.97. The Morgan fingerprint density at radius 1 is 1.09 bits per heavy atom. The standard InChI is InChI=1S/C18H23FN4/c1-12-11-17(23-13(2)5-4-6-14(23)3)22-18(20-12)21-16-9-7-15(19)8-10-16/h7-11,13-14H,4-6H2,1-3H3,(H,20,21,22)/t13-,14+. The lowest BCUT2D eigenvalue weighted by Gasteiger charge is -2.40. The van der Waals surface area contributed by atoms with E-state index in [0.717, 1.165) is 17.2 Å². The summed E-state index contributed by atoms with van der Waals surface area (Å²) in [7, 11) is 0. The molecule has 23 heavy (non-hydrogen) atoms. The van der Waals surface area contributed by atoms with E-state index >= 15 is 0 Å². The van der Waals surface area contributed by atoms with E-state index in [1.807, 2.05) is 13.0 Å². The van der Waals surface area contributed by atoms with Gasteiger partial charge in [-0.15, -0.1) is 0 Å². The second kappa shape index (κ2) is 6.52. The number of halogens is 1. The van der Waals surface area contributed by atoms with Crippen LogP contribution in [0.5, 0.6) is 0 Å². The molecule has 0 spiro atoms. The van der Waals surface area contributed by atoms with Crippen molar-refractivity contribution in [1.82, 2.24) is 9.97 Å². The van der Waals surface area contributed by atoms with Crippen molar-refractivity contribution in [3.8, 4) is 0 Å². The quantitative estimate of drug-likeness (QED) is 0.909. The van der Waals surface area contributed by atoms with Crippen molar-refractivity contribution in [3.05, 3.63) is 41.8 Å².